The Balaban J connectivity index is 1.29. The summed E-state index contributed by atoms with van der Waals surface area (Å²) < 4.78 is 17.7. The molecule has 1 atom stereocenters. The molecule has 0 aromatic heterocycles. The number of carbonyl (C=O) groups excluding carboxylic acids is 2. The largest absolute Gasteiger partial charge is 0.489 e. The van der Waals surface area contributed by atoms with E-state index in [2.05, 4.69) is 26.5 Å². The van der Waals surface area contributed by atoms with E-state index in [0.29, 0.717) is 29.4 Å². The molecule has 0 heterocycles. The Bertz CT molecular complexity index is 1470. The molecule has 1 amide bonds. The van der Waals surface area contributed by atoms with Gasteiger partial charge in [-0.2, -0.15) is 5.10 Å². The molecule has 0 saturated carbocycles. The first kappa shape index (κ1) is 28.3. The van der Waals surface area contributed by atoms with Crippen molar-refractivity contribution in [3.05, 3.63) is 130 Å². The molecule has 0 spiro atoms. The van der Waals surface area contributed by atoms with Crippen LogP contribution in [-0.2, 0) is 16.2 Å². The van der Waals surface area contributed by atoms with Crippen LogP contribution in [0.2, 0.25) is 0 Å². The van der Waals surface area contributed by atoms with Crippen molar-refractivity contribution in [1.82, 2.24) is 5.43 Å². The second-order valence-corrected chi connectivity index (χ2v) is 9.50. The van der Waals surface area contributed by atoms with E-state index < -0.39 is 18.0 Å². The van der Waals surface area contributed by atoms with Crippen molar-refractivity contribution < 1.29 is 23.8 Å². The fourth-order valence-electron chi connectivity index (χ4n) is 3.45. The first-order valence-corrected chi connectivity index (χ1v) is 13.3. The molecule has 8 heteroatoms. The molecule has 4 rings (SSSR count). The van der Waals surface area contributed by atoms with Gasteiger partial charge in [-0.15, -0.1) is 0 Å². The number of hydrogen-bond acceptors (Lipinski definition) is 6. The van der Waals surface area contributed by atoms with Gasteiger partial charge in [0.2, 0.25) is 0 Å². The minimum atomic E-state index is -0.809. The quantitative estimate of drug-likeness (QED) is 0.0694. The number of halogens is 1. The monoisotopic (exact) mass is 598 g/mol. The number of amides is 1. The van der Waals surface area contributed by atoms with Crippen LogP contribution in [0.1, 0.15) is 23.6 Å². The summed E-state index contributed by atoms with van der Waals surface area (Å²) in [6.45, 7) is 2.08. The van der Waals surface area contributed by atoms with Gasteiger partial charge in [-0.25, -0.2) is 10.2 Å². The number of esters is 1. The van der Waals surface area contributed by atoms with Crippen molar-refractivity contribution in [3.63, 3.8) is 0 Å². The van der Waals surface area contributed by atoms with Crippen molar-refractivity contribution in [2.45, 2.75) is 19.6 Å². The maximum atomic E-state index is 12.5. The number of nitrogens with zero attached hydrogens (tertiary/aromatic N) is 1. The van der Waals surface area contributed by atoms with Gasteiger partial charge in [-0.1, -0.05) is 76.6 Å². The van der Waals surface area contributed by atoms with Crippen LogP contribution in [0.15, 0.2) is 119 Å². The topological polar surface area (TPSA) is 86.2 Å². The van der Waals surface area contributed by atoms with E-state index in [4.69, 9.17) is 14.2 Å². The Hall–Kier alpha value is -4.69. The second kappa shape index (κ2) is 14.5. The highest BCUT2D eigenvalue weighted by Gasteiger charge is 2.14. The molecular formula is C32H27BrN2O5. The van der Waals surface area contributed by atoms with Crippen LogP contribution < -0.4 is 19.6 Å². The summed E-state index contributed by atoms with van der Waals surface area (Å²) in [5, 5.41) is 4.02. The molecule has 4 aromatic rings. The second-order valence-electron chi connectivity index (χ2n) is 8.59. The van der Waals surface area contributed by atoms with Crippen LogP contribution >= 0.6 is 15.9 Å². The molecule has 0 unspecified atom stereocenters. The summed E-state index contributed by atoms with van der Waals surface area (Å²) in [7, 11) is 0. The minimum Gasteiger partial charge on any atom is -0.489 e. The lowest BCUT2D eigenvalue weighted by Gasteiger charge is -2.13. The number of carbonyl (C=O) groups is 2. The standard InChI is InChI=1S/C32H27BrN2O5/c1-23(39-29-16-14-28(15-17-29)38-22-25-10-6-3-7-11-25)32(37)35-34-21-26-20-27(33)13-18-30(26)40-31(36)19-12-24-8-4-2-5-9-24/h2-21,23H,22H2,1H3,(H,35,37)/b19-12+,34-21-/t23-/m1/s1. The van der Waals surface area contributed by atoms with Crippen molar-refractivity contribution >= 4 is 40.1 Å². The molecule has 1 N–H and O–H groups in total. The van der Waals surface area contributed by atoms with Gasteiger partial charge in [0.1, 0.15) is 23.9 Å². The highest BCUT2D eigenvalue weighted by Crippen LogP contribution is 2.23. The molecule has 0 aliphatic heterocycles. The SMILES string of the molecule is C[C@@H](Oc1ccc(OCc2ccccc2)cc1)C(=O)N/N=C\c1cc(Br)ccc1OC(=O)/C=C/c1ccccc1. The molecule has 202 valence electrons. The summed E-state index contributed by atoms with van der Waals surface area (Å²) in [5.41, 5.74) is 4.90. The zero-order valence-electron chi connectivity index (χ0n) is 21.7. The molecule has 0 fully saturated rings. The van der Waals surface area contributed by atoms with E-state index in [1.807, 2.05) is 60.7 Å². The number of hydrogen-bond donors (Lipinski definition) is 1. The van der Waals surface area contributed by atoms with Crippen LogP contribution in [0, 0.1) is 0 Å². The van der Waals surface area contributed by atoms with E-state index in [0.717, 1.165) is 15.6 Å². The van der Waals surface area contributed by atoms with E-state index in [1.54, 1.807) is 55.5 Å². The molecular weight excluding hydrogens is 572 g/mol. The third kappa shape index (κ3) is 8.96. The van der Waals surface area contributed by atoms with Crippen molar-refractivity contribution in [1.29, 1.82) is 0 Å². The van der Waals surface area contributed by atoms with Gasteiger partial charge >= 0.3 is 5.97 Å². The van der Waals surface area contributed by atoms with Crippen LogP contribution in [-0.4, -0.2) is 24.2 Å². The van der Waals surface area contributed by atoms with E-state index in [9.17, 15) is 9.59 Å². The number of ether oxygens (including phenoxy) is 3. The first-order valence-electron chi connectivity index (χ1n) is 12.5. The molecule has 0 aliphatic carbocycles. The molecule has 0 aliphatic rings. The zero-order valence-corrected chi connectivity index (χ0v) is 23.3. The lowest BCUT2D eigenvalue weighted by Crippen LogP contribution is -2.33. The van der Waals surface area contributed by atoms with E-state index in [-0.39, 0.29) is 0 Å². The maximum absolute atomic E-state index is 12.5. The van der Waals surface area contributed by atoms with Crippen LogP contribution in [0.5, 0.6) is 17.2 Å². The predicted octanol–water partition coefficient (Wildman–Crippen LogP) is 6.56. The lowest BCUT2D eigenvalue weighted by molar-refractivity contribution is -0.129. The van der Waals surface area contributed by atoms with Crippen molar-refractivity contribution in [2.24, 2.45) is 5.10 Å². The smallest absolute Gasteiger partial charge is 0.336 e. The number of nitrogens with one attached hydrogen (secondary N) is 1. The van der Waals surface area contributed by atoms with Crippen molar-refractivity contribution in [2.75, 3.05) is 0 Å². The van der Waals surface area contributed by atoms with Gasteiger partial charge in [0.05, 0.1) is 6.21 Å². The average Bonchev–Trinajstić information content (AvgIpc) is 2.98. The van der Waals surface area contributed by atoms with Gasteiger partial charge in [0.15, 0.2) is 6.10 Å². The molecule has 0 radical (unpaired) electrons. The zero-order chi connectivity index (χ0) is 28.2. The average molecular weight is 599 g/mol. The molecule has 40 heavy (non-hydrogen) atoms. The summed E-state index contributed by atoms with van der Waals surface area (Å²) >= 11 is 3.40. The number of hydrazone groups is 1. The van der Waals surface area contributed by atoms with E-state index in [1.165, 1.54) is 12.3 Å². The third-order valence-electron chi connectivity index (χ3n) is 5.53. The Kier molecular flexibility index (Phi) is 10.2. The Morgan fingerprint density at radius 2 is 1.57 bits per heavy atom. The third-order valence-corrected chi connectivity index (χ3v) is 6.02. The lowest BCUT2D eigenvalue weighted by atomic mass is 10.2. The molecule has 0 saturated heterocycles. The predicted molar refractivity (Wildman–Crippen MR) is 158 cm³/mol. The highest BCUT2D eigenvalue weighted by atomic mass is 79.9. The summed E-state index contributed by atoms with van der Waals surface area (Å²) in [5.74, 6) is 0.522. The van der Waals surface area contributed by atoms with E-state index >= 15 is 0 Å². The van der Waals surface area contributed by atoms with Gasteiger partial charge < -0.3 is 14.2 Å². The molecule has 4 aromatic carbocycles. The fraction of sp³-hybridized carbons (Fsp3) is 0.0938. The van der Waals surface area contributed by atoms with Crippen LogP contribution in [0.25, 0.3) is 6.08 Å². The highest BCUT2D eigenvalue weighted by molar-refractivity contribution is 9.10. The van der Waals surface area contributed by atoms with Gasteiger partial charge in [-0.05, 0) is 66.6 Å². The Morgan fingerprint density at radius 3 is 2.30 bits per heavy atom. The number of benzene rings is 4. The number of rotatable bonds is 11. The van der Waals surface area contributed by atoms with Gasteiger partial charge in [-0.3, -0.25) is 4.79 Å². The van der Waals surface area contributed by atoms with Gasteiger partial charge in [0, 0.05) is 16.1 Å². The minimum absolute atomic E-state index is 0.294. The summed E-state index contributed by atoms with van der Waals surface area (Å²) in [6, 6.07) is 31.4. The van der Waals surface area contributed by atoms with Gasteiger partial charge in [0.25, 0.3) is 5.91 Å². The van der Waals surface area contributed by atoms with Crippen molar-refractivity contribution in [3.8, 4) is 17.2 Å². The summed E-state index contributed by atoms with van der Waals surface area (Å²) in [6.07, 6.45) is 3.61. The van der Waals surface area contributed by atoms with Crippen LogP contribution in [0.3, 0.4) is 0 Å². The first-order chi connectivity index (χ1) is 19.5. The summed E-state index contributed by atoms with van der Waals surface area (Å²) in [4.78, 5) is 24.9. The molecule has 0 bridgehead atoms. The maximum Gasteiger partial charge on any atom is 0.336 e. The van der Waals surface area contributed by atoms with Crippen LogP contribution in [0.4, 0.5) is 0 Å². The molecule has 7 nitrogen and oxygen atoms in total. The fourth-order valence-corrected chi connectivity index (χ4v) is 3.83. The Morgan fingerprint density at radius 1 is 0.900 bits per heavy atom. The normalized spacial score (nSPS) is 11.8. The Labute approximate surface area is 241 Å².